The second kappa shape index (κ2) is 5.92. The van der Waals surface area contributed by atoms with Gasteiger partial charge in [-0.25, -0.2) is 4.79 Å². The third-order valence-electron chi connectivity index (χ3n) is 3.34. The summed E-state index contributed by atoms with van der Waals surface area (Å²) in [6.07, 6.45) is 1.55. The van der Waals surface area contributed by atoms with E-state index in [4.69, 9.17) is 27.9 Å². The summed E-state index contributed by atoms with van der Waals surface area (Å²) in [4.78, 5) is 25.6. The Bertz CT molecular complexity index is 692. The van der Waals surface area contributed by atoms with E-state index in [-0.39, 0.29) is 17.1 Å². The molecular formula is C15H13Cl2NO3. The first-order valence-electron chi connectivity index (χ1n) is 6.11. The standard InChI is InChI=1S/C15H13Cl2NO3/c1-8-12(15(20)21-3)10(14(19)18(8)2)7-9-5-4-6-11(16)13(9)17/h4-7H,1-3H3/b10-7-. The van der Waals surface area contributed by atoms with Crippen molar-refractivity contribution in [1.29, 1.82) is 0 Å². The molecule has 0 aliphatic carbocycles. The van der Waals surface area contributed by atoms with Gasteiger partial charge in [-0.3, -0.25) is 4.79 Å². The Morgan fingerprint density at radius 1 is 1.33 bits per heavy atom. The molecule has 0 atom stereocenters. The molecule has 1 aromatic rings. The van der Waals surface area contributed by atoms with Gasteiger partial charge in [-0.15, -0.1) is 0 Å². The minimum Gasteiger partial charge on any atom is -0.465 e. The van der Waals surface area contributed by atoms with E-state index >= 15 is 0 Å². The van der Waals surface area contributed by atoms with Gasteiger partial charge in [0, 0.05) is 12.7 Å². The molecule has 0 unspecified atom stereocenters. The van der Waals surface area contributed by atoms with Gasteiger partial charge in [0.25, 0.3) is 5.91 Å². The van der Waals surface area contributed by atoms with Crippen LogP contribution in [0.15, 0.2) is 35.0 Å². The minimum atomic E-state index is -0.561. The number of likely N-dealkylation sites (N-methyl/N-ethyl adjacent to an activating group) is 1. The molecular weight excluding hydrogens is 313 g/mol. The first-order valence-corrected chi connectivity index (χ1v) is 6.87. The van der Waals surface area contributed by atoms with Gasteiger partial charge in [-0.2, -0.15) is 0 Å². The van der Waals surface area contributed by atoms with Crippen molar-refractivity contribution in [2.75, 3.05) is 14.2 Å². The van der Waals surface area contributed by atoms with E-state index in [1.165, 1.54) is 12.0 Å². The van der Waals surface area contributed by atoms with E-state index in [2.05, 4.69) is 0 Å². The van der Waals surface area contributed by atoms with Crippen LogP contribution in [0.5, 0.6) is 0 Å². The second-order valence-electron chi connectivity index (χ2n) is 4.52. The van der Waals surface area contributed by atoms with Gasteiger partial charge in [0.1, 0.15) is 0 Å². The highest BCUT2D eigenvalue weighted by molar-refractivity contribution is 6.43. The minimum absolute atomic E-state index is 0.237. The first-order chi connectivity index (χ1) is 9.88. The third kappa shape index (κ3) is 2.69. The number of allylic oxidation sites excluding steroid dienone is 1. The molecule has 0 spiro atoms. The maximum absolute atomic E-state index is 12.3. The first kappa shape index (κ1) is 15.6. The van der Waals surface area contributed by atoms with Crippen molar-refractivity contribution in [3.8, 4) is 0 Å². The molecule has 6 heteroatoms. The van der Waals surface area contributed by atoms with Gasteiger partial charge >= 0.3 is 5.97 Å². The maximum Gasteiger partial charge on any atom is 0.340 e. The van der Waals surface area contributed by atoms with Crippen molar-refractivity contribution in [2.24, 2.45) is 0 Å². The average Bonchev–Trinajstić information content (AvgIpc) is 2.68. The Kier molecular flexibility index (Phi) is 4.40. The molecule has 1 aromatic carbocycles. The fourth-order valence-electron chi connectivity index (χ4n) is 2.08. The zero-order chi connectivity index (χ0) is 15.7. The van der Waals surface area contributed by atoms with Crippen LogP contribution in [-0.4, -0.2) is 30.9 Å². The predicted molar refractivity (Wildman–Crippen MR) is 81.9 cm³/mol. The number of hydrogen-bond acceptors (Lipinski definition) is 3. The summed E-state index contributed by atoms with van der Waals surface area (Å²) in [5.74, 6) is -0.849. The van der Waals surface area contributed by atoms with Crippen molar-refractivity contribution in [1.82, 2.24) is 4.90 Å². The number of halogens is 2. The van der Waals surface area contributed by atoms with Gasteiger partial charge in [-0.1, -0.05) is 35.3 Å². The zero-order valence-electron chi connectivity index (χ0n) is 11.7. The van der Waals surface area contributed by atoms with Gasteiger partial charge < -0.3 is 9.64 Å². The van der Waals surface area contributed by atoms with E-state index in [0.717, 1.165) is 0 Å². The molecule has 110 valence electrons. The number of hydrogen-bond donors (Lipinski definition) is 0. The van der Waals surface area contributed by atoms with Crippen LogP contribution in [0.3, 0.4) is 0 Å². The molecule has 1 aliphatic rings. The van der Waals surface area contributed by atoms with Crippen LogP contribution in [-0.2, 0) is 14.3 Å². The Balaban J connectivity index is 2.60. The van der Waals surface area contributed by atoms with E-state index in [1.807, 2.05) is 0 Å². The monoisotopic (exact) mass is 325 g/mol. The highest BCUT2D eigenvalue weighted by atomic mass is 35.5. The second-order valence-corrected chi connectivity index (χ2v) is 5.30. The smallest absolute Gasteiger partial charge is 0.340 e. The van der Waals surface area contributed by atoms with E-state index < -0.39 is 5.97 Å². The lowest BCUT2D eigenvalue weighted by Crippen LogP contribution is -2.19. The normalized spacial score (nSPS) is 16.9. The summed E-state index contributed by atoms with van der Waals surface area (Å²) in [6, 6.07) is 5.09. The van der Waals surface area contributed by atoms with Crippen LogP contribution in [0.25, 0.3) is 6.08 Å². The largest absolute Gasteiger partial charge is 0.465 e. The van der Waals surface area contributed by atoms with Crippen LogP contribution in [0, 0.1) is 0 Å². The maximum atomic E-state index is 12.3. The summed E-state index contributed by atoms with van der Waals surface area (Å²) in [6.45, 7) is 1.69. The van der Waals surface area contributed by atoms with Gasteiger partial charge in [-0.05, 0) is 24.6 Å². The SMILES string of the molecule is COC(=O)C1=C(C)N(C)C(=O)/C1=C\c1cccc(Cl)c1Cl. The van der Waals surface area contributed by atoms with E-state index in [9.17, 15) is 9.59 Å². The molecule has 1 heterocycles. The molecule has 0 saturated carbocycles. The van der Waals surface area contributed by atoms with Crippen LogP contribution in [0.1, 0.15) is 12.5 Å². The topological polar surface area (TPSA) is 46.6 Å². The predicted octanol–water partition coefficient (Wildman–Crippen LogP) is 3.30. The van der Waals surface area contributed by atoms with E-state index in [1.54, 1.807) is 38.2 Å². The van der Waals surface area contributed by atoms with Crippen molar-refractivity contribution in [2.45, 2.75) is 6.92 Å². The third-order valence-corrected chi connectivity index (χ3v) is 4.17. The van der Waals surface area contributed by atoms with Crippen molar-refractivity contribution in [3.05, 3.63) is 50.7 Å². The Hall–Kier alpha value is -1.78. The number of methoxy groups -OCH3 is 1. The van der Waals surface area contributed by atoms with Crippen molar-refractivity contribution >= 4 is 41.2 Å². The van der Waals surface area contributed by atoms with Gasteiger partial charge in [0.05, 0.1) is 28.3 Å². The molecule has 1 amide bonds. The fourth-order valence-corrected chi connectivity index (χ4v) is 2.45. The molecule has 2 rings (SSSR count). The highest BCUT2D eigenvalue weighted by Gasteiger charge is 2.34. The lowest BCUT2D eigenvalue weighted by molar-refractivity contribution is -0.136. The number of amides is 1. The van der Waals surface area contributed by atoms with Crippen molar-refractivity contribution in [3.63, 3.8) is 0 Å². The molecule has 0 aromatic heterocycles. The molecule has 0 N–H and O–H groups in total. The number of nitrogens with zero attached hydrogens (tertiary/aromatic N) is 1. The van der Waals surface area contributed by atoms with Gasteiger partial charge in [0.2, 0.25) is 0 Å². The molecule has 0 fully saturated rings. The molecule has 0 saturated heterocycles. The van der Waals surface area contributed by atoms with Crippen molar-refractivity contribution < 1.29 is 14.3 Å². The Morgan fingerprint density at radius 3 is 2.62 bits per heavy atom. The highest BCUT2D eigenvalue weighted by Crippen LogP contribution is 2.33. The number of esters is 1. The summed E-state index contributed by atoms with van der Waals surface area (Å²) in [5.41, 5.74) is 1.58. The molecule has 4 nitrogen and oxygen atoms in total. The van der Waals surface area contributed by atoms with Crippen LogP contribution in [0.2, 0.25) is 10.0 Å². The molecule has 0 bridgehead atoms. The number of carbonyl (C=O) groups excluding carboxylic acids is 2. The quantitative estimate of drug-likeness (QED) is 0.619. The summed E-state index contributed by atoms with van der Waals surface area (Å²) < 4.78 is 4.75. The molecule has 1 aliphatic heterocycles. The fraction of sp³-hybridized carbons (Fsp3) is 0.200. The number of rotatable bonds is 2. The summed E-state index contributed by atoms with van der Waals surface area (Å²) >= 11 is 12.1. The lowest BCUT2D eigenvalue weighted by Gasteiger charge is -2.08. The van der Waals surface area contributed by atoms with E-state index in [0.29, 0.717) is 21.3 Å². The van der Waals surface area contributed by atoms with Crippen LogP contribution < -0.4 is 0 Å². The number of ether oxygens (including phenoxy) is 1. The van der Waals surface area contributed by atoms with Crippen LogP contribution >= 0.6 is 23.2 Å². The lowest BCUT2D eigenvalue weighted by atomic mass is 10.0. The number of carbonyl (C=O) groups is 2. The summed E-state index contributed by atoms with van der Waals surface area (Å²) in [5, 5.41) is 0.709. The van der Waals surface area contributed by atoms with Gasteiger partial charge in [0.15, 0.2) is 0 Å². The summed E-state index contributed by atoms with van der Waals surface area (Å²) in [7, 11) is 2.87. The average molecular weight is 326 g/mol. The Labute approximate surface area is 132 Å². The zero-order valence-corrected chi connectivity index (χ0v) is 13.2. The Morgan fingerprint density at radius 2 is 2.00 bits per heavy atom. The number of benzene rings is 1. The molecule has 21 heavy (non-hydrogen) atoms. The molecule has 0 radical (unpaired) electrons. The van der Waals surface area contributed by atoms with Crippen LogP contribution in [0.4, 0.5) is 0 Å².